The van der Waals surface area contributed by atoms with Crippen LogP contribution >= 0.6 is 0 Å². The molecule has 1 N–H and O–H groups in total. The summed E-state index contributed by atoms with van der Waals surface area (Å²) >= 11 is 0. The number of sulfonamides is 1. The molecule has 1 aliphatic rings. The molecule has 0 bridgehead atoms. The number of hydrogen-bond acceptors (Lipinski definition) is 5. The highest BCUT2D eigenvalue weighted by Gasteiger charge is 2.22. The molecule has 108 valence electrons. The SMILES string of the molecule is COCC(C)NCCN1CCN(S(C)(=O)=O)CC1. The molecule has 1 fully saturated rings. The first-order valence-electron chi connectivity index (χ1n) is 6.33. The van der Waals surface area contributed by atoms with Gasteiger partial charge in [0.1, 0.15) is 0 Å². The number of nitrogens with one attached hydrogen (secondary N) is 1. The van der Waals surface area contributed by atoms with Gasteiger partial charge in [0.25, 0.3) is 0 Å². The number of nitrogens with zero attached hydrogens (tertiary/aromatic N) is 2. The molecule has 0 aromatic rings. The van der Waals surface area contributed by atoms with Crippen molar-refractivity contribution in [3.05, 3.63) is 0 Å². The Morgan fingerprint density at radius 3 is 2.39 bits per heavy atom. The number of rotatable bonds is 7. The first-order chi connectivity index (χ1) is 8.43. The molecule has 0 aromatic carbocycles. The average molecular weight is 279 g/mol. The Morgan fingerprint density at radius 1 is 1.28 bits per heavy atom. The zero-order chi connectivity index (χ0) is 13.6. The first-order valence-corrected chi connectivity index (χ1v) is 8.18. The van der Waals surface area contributed by atoms with Crippen molar-refractivity contribution in [3.63, 3.8) is 0 Å². The number of hydrogen-bond donors (Lipinski definition) is 1. The summed E-state index contributed by atoms with van der Waals surface area (Å²) in [5.74, 6) is 0. The van der Waals surface area contributed by atoms with Crippen LogP contribution in [0.15, 0.2) is 0 Å². The predicted molar refractivity (Wildman–Crippen MR) is 72.2 cm³/mol. The van der Waals surface area contributed by atoms with Gasteiger partial charge in [-0.1, -0.05) is 0 Å². The van der Waals surface area contributed by atoms with Crippen molar-refractivity contribution in [2.45, 2.75) is 13.0 Å². The highest BCUT2D eigenvalue weighted by atomic mass is 32.2. The van der Waals surface area contributed by atoms with Gasteiger partial charge >= 0.3 is 0 Å². The topological polar surface area (TPSA) is 61.9 Å². The second-order valence-electron chi connectivity index (χ2n) is 4.81. The third-order valence-electron chi connectivity index (χ3n) is 3.14. The van der Waals surface area contributed by atoms with E-state index in [4.69, 9.17) is 4.74 Å². The largest absolute Gasteiger partial charge is 0.383 e. The summed E-state index contributed by atoms with van der Waals surface area (Å²) < 4.78 is 29.3. The molecule has 1 atom stereocenters. The van der Waals surface area contributed by atoms with Crippen LogP contribution in [-0.4, -0.2) is 82.9 Å². The zero-order valence-electron chi connectivity index (χ0n) is 11.6. The van der Waals surface area contributed by atoms with Gasteiger partial charge in [-0.3, -0.25) is 4.90 Å². The maximum absolute atomic E-state index is 11.3. The highest BCUT2D eigenvalue weighted by molar-refractivity contribution is 7.88. The minimum absolute atomic E-state index is 0.354. The van der Waals surface area contributed by atoms with Crippen molar-refractivity contribution in [2.75, 3.05) is 59.2 Å². The van der Waals surface area contributed by atoms with Crippen LogP contribution in [0, 0.1) is 0 Å². The molecule has 6 nitrogen and oxygen atoms in total. The zero-order valence-corrected chi connectivity index (χ0v) is 12.4. The van der Waals surface area contributed by atoms with E-state index in [0.29, 0.717) is 25.7 Å². The van der Waals surface area contributed by atoms with Gasteiger partial charge in [0, 0.05) is 52.4 Å². The minimum Gasteiger partial charge on any atom is -0.383 e. The second-order valence-corrected chi connectivity index (χ2v) is 6.80. The summed E-state index contributed by atoms with van der Waals surface area (Å²) in [6, 6.07) is 0.354. The predicted octanol–water partition coefficient (Wildman–Crippen LogP) is -0.812. The fourth-order valence-corrected chi connectivity index (χ4v) is 2.89. The van der Waals surface area contributed by atoms with Crippen molar-refractivity contribution >= 4 is 10.0 Å². The Bertz CT molecular complexity index is 326. The first kappa shape index (κ1) is 15.8. The maximum atomic E-state index is 11.3. The van der Waals surface area contributed by atoms with E-state index in [2.05, 4.69) is 17.1 Å². The molecule has 0 amide bonds. The van der Waals surface area contributed by atoms with Crippen LogP contribution in [0.4, 0.5) is 0 Å². The van der Waals surface area contributed by atoms with Crippen LogP contribution in [0.25, 0.3) is 0 Å². The van der Waals surface area contributed by atoms with E-state index in [1.165, 1.54) is 6.26 Å². The van der Waals surface area contributed by atoms with Crippen LogP contribution in [0.1, 0.15) is 6.92 Å². The van der Waals surface area contributed by atoms with Gasteiger partial charge in [-0.15, -0.1) is 0 Å². The number of piperazine rings is 1. The summed E-state index contributed by atoms with van der Waals surface area (Å²) in [5.41, 5.74) is 0. The van der Waals surface area contributed by atoms with E-state index in [9.17, 15) is 8.42 Å². The van der Waals surface area contributed by atoms with E-state index in [1.54, 1.807) is 11.4 Å². The molecule has 1 aliphatic heterocycles. The van der Waals surface area contributed by atoms with Gasteiger partial charge < -0.3 is 10.1 Å². The van der Waals surface area contributed by atoms with E-state index in [0.717, 1.165) is 26.2 Å². The van der Waals surface area contributed by atoms with Crippen molar-refractivity contribution in [1.29, 1.82) is 0 Å². The lowest BCUT2D eigenvalue weighted by molar-refractivity contribution is 0.161. The summed E-state index contributed by atoms with van der Waals surface area (Å²) in [5, 5.41) is 3.37. The van der Waals surface area contributed by atoms with Crippen LogP contribution in [0.3, 0.4) is 0 Å². The van der Waals surface area contributed by atoms with Crippen molar-refractivity contribution in [1.82, 2.24) is 14.5 Å². The third-order valence-corrected chi connectivity index (χ3v) is 4.44. The Balaban J connectivity index is 2.16. The highest BCUT2D eigenvalue weighted by Crippen LogP contribution is 2.05. The molecule has 0 aliphatic carbocycles. The minimum atomic E-state index is -3.02. The van der Waals surface area contributed by atoms with E-state index in [-0.39, 0.29) is 0 Å². The molecule has 0 radical (unpaired) electrons. The fraction of sp³-hybridized carbons (Fsp3) is 1.00. The van der Waals surface area contributed by atoms with Gasteiger partial charge in [-0.05, 0) is 6.92 Å². The molecular formula is C11H25N3O3S. The van der Waals surface area contributed by atoms with E-state index >= 15 is 0 Å². The van der Waals surface area contributed by atoms with Crippen molar-refractivity contribution in [2.24, 2.45) is 0 Å². The maximum Gasteiger partial charge on any atom is 0.211 e. The smallest absolute Gasteiger partial charge is 0.211 e. The Hall–Kier alpha value is -0.210. The molecule has 7 heteroatoms. The Kier molecular flexibility index (Phi) is 6.51. The fourth-order valence-electron chi connectivity index (χ4n) is 2.06. The summed E-state index contributed by atoms with van der Waals surface area (Å²) in [6.45, 7) is 7.49. The van der Waals surface area contributed by atoms with Gasteiger partial charge in [0.2, 0.25) is 10.0 Å². The third kappa shape index (κ3) is 5.62. The average Bonchev–Trinajstić information content (AvgIpc) is 2.29. The van der Waals surface area contributed by atoms with Gasteiger partial charge in [0.05, 0.1) is 12.9 Å². The lowest BCUT2D eigenvalue weighted by Gasteiger charge is -2.33. The monoisotopic (exact) mass is 279 g/mol. The quantitative estimate of drug-likeness (QED) is 0.660. The van der Waals surface area contributed by atoms with Crippen LogP contribution in [0.2, 0.25) is 0 Å². The molecule has 1 saturated heterocycles. The Labute approximate surface area is 110 Å². The normalized spacial score (nSPS) is 21.1. The molecule has 1 heterocycles. The van der Waals surface area contributed by atoms with Crippen molar-refractivity contribution < 1.29 is 13.2 Å². The van der Waals surface area contributed by atoms with Crippen molar-refractivity contribution in [3.8, 4) is 0 Å². The van der Waals surface area contributed by atoms with Crippen LogP contribution in [-0.2, 0) is 14.8 Å². The number of methoxy groups -OCH3 is 1. The standard InChI is InChI=1S/C11H25N3O3S/c1-11(10-17-2)12-4-5-13-6-8-14(9-7-13)18(3,15)16/h11-12H,4-10H2,1-3H3. The molecule has 18 heavy (non-hydrogen) atoms. The second kappa shape index (κ2) is 7.40. The summed E-state index contributed by atoms with van der Waals surface area (Å²) in [4.78, 5) is 2.29. The van der Waals surface area contributed by atoms with E-state index in [1.807, 2.05) is 0 Å². The molecule has 0 saturated carbocycles. The lowest BCUT2D eigenvalue weighted by Crippen LogP contribution is -2.50. The van der Waals surface area contributed by atoms with Crippen LogP contribution < -0.4 is 5.32 Å². The molecule has 0 aromatic heterocycles. The van der Waals surface area contributed by atoms with Gasteiger partial charge in [-0.2, -0.15) is 4.31 Å². The molecular weight excluding hydrogens is 254 g/mol. The van der Waals surface area contributed by atoms with E-state index < -0.39 is 10.0 Å². The Morgan fingerprint density at radius 2 is 1.89 bits per heavy atom. The molecule has 1 rings (SSSR count). The summed E-state index contributed by atoms with van der Waals surface area (Å²) in [7, 11) is -1.32. The van der Waals surface area contributed by atoms with Gasteiger partial charge in [-0.25, -0.2) is 8.42 Å². The summed E-state index contributed by atoms with van der Waals surface area (Å²) in [6.07, 6.45) is 1.27. The molecule has 0 spiro atoms. The number of ether oxygens (including phenoxy) is 1. The van der Waals surface area contributed by atoms with Crippen LogP contribution in [0.5, 0.6) is 0 Å². The molecule has 1 unspecified atom stereocenters. The lowest BCUT2D eigenvalue weighted by atomic mass is 10.3. The van der Waals surface area contributed by atoms with Gasteiger partial charge in [0.15, 0.2) is 0 Å².